The zero-order valence-electron chi connectivity index (χ0n) is 10.6. The molecule has 2 aromatic rings. The number of hydrogen-bond donors (Lipinski definition) is 2. The lowest BCUT2D eigenvalue weighted by Gasteiger charge is -2.09. The molecule has 98 valence electrons. The number of halogens is 1. The standard InChI is InChI=1S/C15H15ClN2O/c1-17-15(19)13-9-12(7-8-14(13)16)18-10-11-5-3-2-4-6-11/h2-9,18H,10H2,1H3,(H,17,19). The van der Waals surface area contributed by atoms with Gasteiger partial charge in [-0.05, 0) is 23.8 Å². The molecule has 0 fully saturated rings. The van der Waals surface area contributed by atoms with Gasteiger partial charge in [0.1, 0.15) is 0 Å². The van der Waals surface area contributed by atoms with E-state index in [9.17, 15) is 4.79 Å². The minimum Gasteiger partial charge on any atom is -0.381 e. The molecule has 19 heavy (non-hydrogen) atoms. The summed E-state index contributed by atoms with van der Waals surface area (Å²) < 4.78 is 0. The van der Waals surface area contributed by atoms with Crippen LogP contribution in [0.25, 0.3) is 0 Å². The minimum absolute atomic E-state index is 0.187. The Kier molecular flexibility index (Phi) is 4.42. The first-order valence-electron chi connectivity index (χ1n) is 6.00. The summed E-state index contributed by atoms with van der Waals surface area (Å²) in [6, 6.07) is 15.4. The van der Waals surface area contributed by atoms with Crippen molar-refractivity contribution in [3.8, 4) is 0 Å². The van der Waals surface area contributed by atoms with Crippen molar-refractivity contribution >= 4 is 23.2 Å². The molecule has 0 aliphatic heterocycles. The first-order valence-corrected chi connectivity index (χ1v) is 6.38. The molecule has 3 nitrogen and oxygen atoms in total. The highest BCUT2D eigenvalue weighted by Crippen LogP contribution is 2.21. The maximum atomic E-state index is 11.6. The average molecular weight is 275 g/mol. The molecule has 2 N–H and O–H groups in total. The Morgan fingerprint density at radius 3 is 2.58 bits per heavy atom. The van der Waals surface area contributed by atoms with Crippen LogP contribution in [0.3, 0.4) is 0 Å². The van der Waals surface area contributed by atoms with Crippen molar-refractivity contribution < 1.29 is 4.79 Å². The van der Waals surface area contributed by atoms with Gasteiger partial charge in [-0.2, -0.15) is 0 Å². The van der Waals surface area contributed by atoms with Crippen molar-refractivity contribution in [1.82, 2.24) is 5.32 Å². The Balaban J connectivity index is 2.11. The number of nitrogens with one attached hydrogen (secondary N) is 2. The zero-order valence-corrected chi connectivity index (χ0v) is 11.4. The van der Waals surface area contributed by atoms with Crippen molar-refractivity contribution in [1.29, 1.82) is 0 Å². The van der Waals surface area contributed by atoms with E-state index >= 15 is 0 Å². The van der Waals surface area contributed by atoms with Crippen molar-refractivity contribution in [2.24, 2.45) is 0 Å². The highest BCUT2D eigenvalue weighted by Gasteiger charge is 2.09. The molecule has 0 atom stereocenters. The predicted molar refractivity (Wildman–Crippen MR) is 78.6 cm³/mol. The molecule has 0 unspecified atom stereocenters. The molecule has 0 radical (unpaired) electrons. The minimum atomic E-state index is -0.187. The molecule has 1 amide bonds. The molecule has 0 bridgehead atoms. The van der Waals surface area contributed by atoms with Crippen LogP contribution < -0.4 is 10.6 Å². The van der Waals surface area contributed by atoms with Gasteiger partial charge >= 0.3 is 0 Å². The number of anilines is 1. The summed E-state index contributed by atoms with van der Waals surface area (Å²) in [7, 11) is 1.59. The first kappa shape index (κ1) is 13.4. The van der Waals surface area contributed by atoms with E-state index in [1.807, 2.05) is 36.4 Å². The van der Waals surface area contributed by atoms with Crippen molar-refractivity contribution in [3.63, 3.8) is 0 Å². The Morgan fingerprint density at radius 1 is 1.16 bits per heavy atom. The molecule has 0 spiro atoms. The van der Waals surface area contributed by atoms with Crippen LogP contribution in [0, 0.1) is 0 Å². The van der Waals surface area contributed by atoms with Crippen LogP contribution >= 0.6 is 11.6 Å². The van der Waals surface area contributed by atoms with Gasteiger partial charge in [0.15, 0.2) is 0 Å². The fourth-order valence-corrected chi connectivity index (χ4v) is 1.95. The summed E-state index contributed by atoms with van der Waals surface area (Å²) in [5, 5.41) is 6.29. The van der Waals surface area contributed by atoms with Gasteiger partial charge in [0.2, 0.25) is 0 Å². The molecule has 0 aliphatic carbocycles. The quantitative estimate of drug-likeness (QED) is 0.898. The van der Waals surface area contributed by atoms with Crippen LogP contribution in [0.5, 0.6) is 0 Å². The lowest BCUT2D eigenvalue weighted by atomic mass is 10.1. The maximum Gasteiger partial charge on any atom is 0.252 e. The Labute approximate surface area is 117 Å². The zero-order chi connectivity index (χ0) is 13.7. The third kappa shape index (κ3) is 3.48. The van der Waals surface area contributed by atoms with E-state index in [-0.39, 0.29) is 5.91 Å². The lowest BCUT2D eigenvalue weighted by Crippen LogP contribution is -2.18. The summed E-state index contributed by atoms with van der Waals surface area (Å²) in [5.41, 5.74) is 2.52. The molecule has 4 heteroatoms. The molecule has 0 aliphatic rings. The van der Waals surface area contributed by atoms with Gasteiger partial charge in [0.25, 0.3) is 5.91 Å². The number of amides is 1. The largest absolute Gasteiger partial charge is 0.381 e. The second-order valence-corrected chi connectivity index (χ2v) is 4.52. The first-order chi connectivity index (χ1) is 9.20. The topological polar surface area (TPSA) is 41.1 Å². The monoisotopic (exact) mass is 274 g/mol. The summed E-state index contributed by atoms with van der Waals surface area (Å²) in [4.78, 5) is 11.6. The van der Waals surface area contributed by atoms with Crippen LogP contribution in [0.1, 0.15) is 15.9 Å². The second-order valence-electron chi connectivity index (χ2n) is 4.11. The van der Waals surface area contributed by atoms with Crippen LogP contribution in [0.15, 0.2) is 48.5 Å². The van der Waals surface area contributed by atoms with E-state index in [1.165, 1.54) is 5.56 Å². The summed E-state index contributed by atoms with van der Waals surface area (Å²) in [6.07, 6.45) is 0. The van der Waals surface area contributed by atoms with E-state index in [0.29, 0.717) is 17.1 Å². The molecule has 0 aromatic heterocycles. The van der Waals surface area contributed by atoms with Gasteiger partial charge < -0.3 is 10.6 Å². The molecule has 0 saturated heterocycles. The van der Waals surface area contributed by atoms with Crippen LogP contribution in [0.2, 0.25) is 5.02 Å². The molecule has 0 heterocycles. The average Bonchev–Trinajstić information content (AvgIpc) is 2.46. The van der Waals surface area contributed by atoms with Crippen molar-refractivity contribution in [2.75, 3.05) is 12.4 Å². The van der Waals surface area contributed by atoms with Gasteiger partial charge in [-0.15, -0.1) is 0 Å². The molecule has 2 rings (SSSR count). The molecule has 0 saturated carbocycles. The Hall–Kier alpha value is -2.00. The van der Waals surface area contributed by atoms with Crippen molar-refractivity contribution in [2.45, 2.75) is 6.54 Å². The number of rotatable bonds is 4. The van der Waals surface area contributed by atoms with E-state index in [0.717, 1.165) is 5.69 Å². The molecule has 2 aromatic carbocycles. The molecular formula is C15H15ClN2O. The molecular weight excluding hydrogens is 260 g/mol. The van der Waals surface area contributed by atoms with Crippen molar-refractivity contribution in [3.05, 3.63) is 64.7 Å². The fourth-order valence-electron chi connectivity index (χ4n) is 1.74. The maximum absolute atomic E-state index is 11.6. The lowest BCUT2D eigenvalue weighted by molar-refractivity contribution is 0.0963. The summed E-state index contributed by atoms with van der Waals surface area (Å²) >= 11 is 6.00. The van der Waals surface area contributed by atoms with E-state index in [2.05, 4.69) is 10.6 Å². The van der Waals surface area contributed by atoms with Crippen LogP contribution in [-0.2, 0) is 6.54 Å². The van der Waals surface area contributed by atoms with Gasteiger partial charge in [-0.1, -0.05) is 41.9 Å². The number of carbonyl (C=O) groups excluding carboxylic acids is 1. The predicted octanol–water partition coefficient (Wildman–Crippen LogP) is 3.31. The van der Waals surface area contributed by atoms with Gasteiger partial charge in [-0.25, -0.2) is 0 Å². The van der Waals surface area contributed by atoms with E-state index < -0.39 is 0 Å². The van der Waals surface area contributed by atoms with Crippen LogP contribution in [0.4, 0.5) is 5.69 Å². The summed E-state index contributed by atoms with van der Waals surface area (Å²) in [5.74, 6) is -0.187. The van der Waals surface area contributed by atoms with E-state index in [1.54, 1.807) is 19.2 Å². The van der Waals surface area contributed by atoms with Crippen LogP contribution in [-0.4, -0.2) is 13.0 Å². The summed E-state index contributed by atoms with van der Waals surface area (Å²) in [6.45, 7) is 0.704. The fraction of sp³-hybridized carbons (Fsp3) is 0.133. The number of hydrogen-bond acceptors (Lipinski definition) is 2. The Morgan fingerprint density at radius 2 is 1.89 bits per heavy atom. The number of carbonyl (C=O) groups is 1. The normalized spacial score (nSPS) is 10.0. The highest BCUT2D eigenvalue weighted by atomic mass is 35.5. The smallest absolute Gasteiger partial charge is 0.252 e. The van der Waals surface area contributed by atoms with E-state index in [4.69, 9.17) is 11.6 Å². The number of benzene rings is 2. The van der Waals surface area contributed by atoms with Gasteiger partial charge in [0, 0.05) is 19.3 Å². The Bertz CT molecular complexity index is 570. The second kappa shape index (κ2) is 6.25. The highest BCUT2D eigenvalue weighted by molar-refractivity contribution is 6.34. The van der Waals surface area contributed by atoms with Gasteiger partial charge in [0.05, 0.1) is 10.6 Å². The third-order valence-corrected chi connectivity index (χ3v) is 3.11. The third-order valence-electron chi connectivity index (χ3n) is 2.78. The van der Waals surface area contributed by atoms with Gasteiger partial charge in [-0.3, -0.25) is 4.79 Å². The SMILES string of the molecule is CNC(=O)c1cc(NCc2ccccc2)ccc1Cl.